The lowest BCUT2D eigenvalue weighted by molar-refractivity contribution is 0.102. The molecule has 0 saturated carbocycles. The molecule has 0 fully saturated rings. The van der Waals surface area contributed by atoms with Crippen LogP contribution in [0.2, 0.25) is 0 Å². The van der Waals surface area contributed by atoms with Gasteiger partial charge in [-0.15, -0.1) is 0 Å². The van der Waals surface area contributed by atoms with Crippen molar-refractivity contribution in [2.45, 2.75) is 46.5 Å². The van der Waals surface area contributed by atoms with Crippen molar-refractivity contribution in [1.29, 1.82) is 0 Å². The summed E-state index contributed by atoms with van der Waals surface area (Å²) >= 11 is 0. The van der Waals surface area contributed by atoms with Crippen molar-refractivity contribution >= 4 is 11.6 Å². The number of carbonyl (C=O) groups is 1. The molecular formula is C25H28N2O2. The highest BCUT2D eigenvalue weighted by atomic mass is 16.5. The first-order chi connectivity index (χ1) is 14.1. The summed E-state index contributed by atoms with van der Waals surface area (Å²) < 4.78 is 6.00. The number of anilines is 1. The van der Waals surface area contributed by atoms with E-state index in [0.29, 0.717) is 17.0 Å². The summed E-state index contributed by atoms with van der Waals surface area (Å²) in [6.45, 7) is 6.15. The zero-order chi connectivity index (χ0) is 20.6. The highest BCUT2D eigenvalue weighted by molar-refractivity contribution is 6.05. The second-order valence-electron chi connectivity index (χ2n) is 7.17. The molecule has 1 aromatic heterocycles. The Balaban J connectivity index is 1.71. The van der Waals surface area contributed by atoms with Gasteiger partial charge in [-0.05, 0) is 61.7 Å². The number of ether oxygens (including phenoxy) is 1. The van der Waals surface area contributed by atoms with Gasteiger partial charge in [-0.1, -0.05) is 44.9 Å². The van der Waals surface area contributed by atoms with Crippen LogP contribution in [0.1, 0.15) is 54.0 Å². The minimum absolute atomic E-state index is 0.167. The van der Waals surface area contributed by atoms with Crippen LogP contribution in [-0.2, 0) is 12.8 Å². The number of pyridine rings is 1. The van der Waals surface area contributed by atoms with Gasteiger partial charge in [0.1, 0.15) is 11.5 Å². The van der Waals surface area contributed by atoms with Crippen LogP contribution in [0, 0.1) is 6.92 Å². The predicted octanol–water partition coefficient (Wildman–Crippen LogP) is 6.34. The van der Waals surface area contributed by atoms with Gasteiger partial charge < -0.3 is 10.1 Å². The van der Waals surface area contributed by atoms with E-state index in [0.717, 1.165) is 42.8 Å². The molecule has 150 valence electrons. The molecule has 1 amide bonds. The van der Waals surface area contributed by atoms with Crippen molar-refractivity contribution in [3.05, 3.63) is 83.2 Å². The van der Waals surface area contributed by atoms with E-state index in [1.807, 2.05) is 55.5 Å². The van der Waals surface area contributed by atoms with Crippen molar-refractivity contribution in [2.24, 2.45) is 0 Å². The van der Waals surface area contributed by atoms with Gasteiger partial charge in [0.05, 0.1) is 11.3 Å². The first-order valence-electron chi connectivity index (χ1n) is 10.2. The number of hydrogen-bond acceptors (Lipinski definition) is 3. The summed E-state index contributed by atoms with van der Waals surface area (Å²) in [5.41, 5.74) is 4.29. The lowest BCUT2D eigenvalue weighted by atomic mass is 10.1. The Morgan fingerprint density at radius 3 is 2.38 bits per heavy atom. The third kappa shape index (κ3) is 5.67. The summed E-state index contributed by atoms with van der Waals surface area (Å²) in [7, 11) is 0. The van der Waals surface area contributed by atoms with Gasteiger partial charge in [-0.3, -0.25) is 9.78 Å². The number of nitrogens with zero attached hydrogens (tertiary/aromatic N) is 1. The Bertz CT molecular complexity index is 982. The van der Waals surface area contributed by atoms with Crippen molar-refractivity contribution in [1.82, 2.24) is 4.98 Å². The largest absolute Gasteiger partial charge is 0.457 e. The molecular weight excluding hydrogens is 360 g/mol. The zero-order valence-electron chi connectivity index (χ0n) is 17.4. The second-order valence-corrected chi connectivity index (χ2v) is 7.17. The first kappa shape index (κ1) is 20.6. The van der Waals surface area contributed by atoms with Gasteiger partial charge in [0, 0.05) is 17.4 Å². The molecule has 0 aliphatic carbocycles. The van der Waals surface area contributed by atoms with E-state index in [1.165, 1.54) is 5.56 Å². The van der Waals surface area contributed by atoms with Gasteiger partial charge in [-0.25, -0.2) is 0 Å². The Hall–Kier alpha value is -3.14. The highest BCUT2D eigenvalue weighted by Gasteiger charge is 2.11. The van der Waals surface area contributed by atoms with E-state index in [4.69, 9.17) is 4.74 Å². The van der Waals surface area contributed by atoms with Crippen LogP contribution >= 0.6 is 0 Å². The molecule has 0 unspecified atom stereocenters. The van der Waals surface area contributed by atoms with Crippen molar-refractivity contribution < 1.29 is 9.53 Å². The minimum Gasteiger partial charge on any atom is -0.457 e. The third-order valence-corrected chi connectivity index (χ3v) is 4.66. The fourth-order valence-corrected chi connectivity index (χ4v) is 3.27. The number of amides is 1. The average Bonchev–Trinajstić information content (AvgIpc) is 2.69. The lowest BCUT2D eigenvalue weighted by Gasteiger charge is -2.11. The van der Waals surface area contributed by atoms with E-state index >= 15 is 0 Å². The third-order valence-electron chi connectivity index (χ3n) is 4.66. The fourth-order valence-electron chi connectivity index (χ4n) is 3.27. The summed E-state index contributed by atoms with van der Waals surface area (Å²) in [6, 6.07) is 19.3. The maximum atomic E-state index is 12.7. The average molecular weight is 389 g/mol. The molecule has 4 nitrogen and oxygen atoms in total. The normalized spacial score (nSPS) is 10.6. The van der Waals surface area contributed by atoms with Gasteiger partial charge in [-0.2, -0.15) is 0 Å². The van der Waals surface area contributed by atoms with Crippen LogP contribution in [-0.4, -0.2) is 10.9 Å². The molecule has 0 spiro atoms. The van der Waals surface area contributed by atoms with E-state index in [2.05, 4.69) is 36.3 Å². The van der Waals surface area contributed by atoms with E-state index in [9.17, 15) is 4.79 Å². The first-order valence-corrected chi connectivity index (χ1v) is 10.2. The number of nitrogens with one attached hydrogen (secondary N) is 1. The molecule has 3 aromatic rings. The van der Waals surface area contributed by atoms with Gasteiger partial charge >= 0.3 is 0 Å². The maximum Gasteiger partial charge on any atom is 0.257 e. The van der Waals surface area contributed by atoms with Crippen molar-refractivity contribution in [3.63, 3.8) is 0 Å². The SMILES string of the molecule is CCCc1cccc(Oc2cccc(NC(=O)c3ccc(CCC)nc3C)c2)c1. The van der Waals surface area contributed by atoms with E-state index < -0.39 is 0 Å². The fraction of sp³-hybridized carbons (Fsp3) is 0.280. The maximum absolute atomic E-state index is 12.7. The number of carbonyl (C=O) groups excluding carboxylic acids is 1. The van der Waals surface area contributed by atoms with Crippen LogP contribution < -0.4 is 10.1 Å². The standard InChI is InChI=1S/C25H28N2O2/c1-4-8-19-10-6-12-22(16-19)29-23-13-7-11-21(17-23)27-25(28)24-15-14-20(9-5-2)26-18(24)3/h6-7,10-17H,4-5,8-9H2,1-3H3,(H,27,28). The van der Waals surface area contributed by atoms with Crippen molar-refractivity contribution in [3.8, 4) is 11.5 Å². The van der Waals surface area contributed by atoms with Crippen LogP contribution in [0.25, 0.3) is 0 Å². The Morgan fingerprint density at radius 1 is 0.931 bits per heavy atom. The number of benzene rings is 2. The molecule has 0 aliphatic rings. The molecule has 0 aliphatic heterocycles. The molecule has 0 radical (unpaired) electrons. The van der Waals surface area contributed by atoms with E-state index in [-0.39, 0.29) is 5.91 Å². The molecule has 0 bridgehead atoms. The zero-order valence-corrected chi connectivity index (χ0v) is 17.4. The van der Waals surface area contributed by atoms with Gasteiger partial charge in [0.15, 0.2) is 0 Å². The second kappa shape index (κ2) is 9.87. The molecule has 2 aromatic carbocycles. The lowest BCUT2D eigenvalue weighted by Crippen LogP contribution is -2.14. The number of rotatable bonds is 8. The van der Waals surface area contributed by atoms with Crippen LogP contribution in [0.3, 0.4) is 0 Å². The number of aromatic nitrogens is 1. The molecule has 0 saturated heterocycles. The van der Waals surface area contributed by atoms with Crippen LogP contribution in [0.5, 0.6) is 11.5 Å². The molecule has 1 N–H and O–H groups in total. The number of hydrogen-bond donors (Lipinski definition) is 1. The Labute approximate surface area is 173 Å². The van der Waals surface area contributed by atoms with Gasteiger partial charge in [0.25, 0.3) is 5.91 Å². The van der Waals surface area contributed by atoms with Gasteiger partial charge in [0.2, 0.25) is 0 Å². The summed E-state index contributed by atoms with van der Waals surface area (Å²) in [5.74, 6) is 1.32. The topological polar surface area (TPSA) is 51.2 Å². The van der Waals surface area contributed by atoms with Crippen LogP contribution in [0.4, 0.5) is 5.69 Å². The summed E-state index contributed by atoms with van der Waals surface area (Å²) in [5, 5.41) is 2.95. The smallest absolute Gasteiger partial charge is 0.257 e. The molecule has 0 atom stereocenters. The quantitative estimate of drug-likeness (QED) is 0.490. The van der Waals surface area contributed by atoms with E-state index in [1.54, 1.807) is 0 Å². The molecule has 1 heterocycles. The molecule has 29 heavy (non-hydrogen) atoms. The van der Waals surface area contributed by atoms with Crippen LogP contribution in [0.15, 0.2) is 60.7 Å². The highest BCUT2D eigenvalue weighted by Crippen LogP contribution is 2.25. The Morgan fingerprint density at radius 2 is 1.66 bits per heavy atom. The Kier molecular flexibility index (Phi) is 7.01. The summed E-state index contributed by atoms with van der Waals surface area (Å²) in [6.07, 6.45) is 4.07. The van der Waals surface area contributed by atoms with Crippen molar-refractivity contribution in [2.75, 3.05) is 5.32 Å². The molecule has 4 heteroatoms. The summed E-state index contributed by atoms with van der Waals surface area (Å²) in [4.78, 5) is 17.2. The predicted molar refractivity (Wildman–Crippen MR) is 118 cm³/mol. The minimum atomic E-state index is -0.167. The monoisotopic (exact) mass is 388 g/mol. The number of aryl methyl sites for hydroxylation is 3. The molecule has 3 rings (SSSR count).